The molecule has 4 heteroatoms. The zero-order valence-electron chi connectivity index (χ0n) is 9.73. The summed E-state index contributed by atoms with van der Waals surface area (Å²) in [5.41, 5.74) is 0.621. The lowest BCUT2D eigenvalue weighted by atomic mass is 9.92. The van der Waals surface area contributed by atoms with E-state index in [1.807, 2.05) is 6.92 Å². The maximum atomic E-state index is 13.0. The van der Waals surface area contributed by atoms with Crippen molar-refractivity contribution in [1.82, 2.24) is 0 Å². The smallest absolute Gasteiger partial charge is 0.169 e. The SMILES string of the molecule is CCCCC(Cl)(Cc1ccccc1)C(F)(F)F. The number of hydrogen-bond donors (Lipinski definition) is 0. The fourth-order valence-electron chi connectivity index (χ4n) is 1.71. The molecule has 1 aromatic carbocycles. The third-order valence-corrected chi connectivity index (χ3v) is 3.30. The molecule has 0 fully saturated rings. The van der Waals surface area contributed by atoms with Gasteiger partial charge in [0, 0.05) is 6.42 Å². The van der Waals surface area contributed by atoms with Crippen LogP contribution in [0.15, 0.2) is 30.3 Å². The Labute approximate surface area is 105 Å². The van der Waals surface area contributed by atoms with Crippen LogP contribution in [0.3, 0.4) is 0 Å². The number of unbranched alkanes of at least 4 members (excludes halogenated alkanes) is 1. The maximum Gasteiger partial charge on any atom is 0.407 e. The molecule has 17 heavy (non-hydrogen) atoms. The van der Waals surface area contributed by atoms with Crippen LogP contribution in [-0.4, -0.2) is 11.1 Å². The van der Waals surface area contributed by atoms with Crippen molar-refractivity contribution in [1.29, 1.82) is 0 Å². The van der Waals surface area contributed by atoms with E-state index in [1.54, 1.807) is 30.3 Å². The molecule has 1 rings (SSSR count). The van der Waals surface area contributed by atoms with Crippen LogP contribution in [0.25, 0.3) is 0 Å². The van der Waals surface area contributed by atoms with E-state index in [1.165, 1.54) is 0 Å². The predicted octanol–water partition coefficient (Wildman–Crippen LogP) is 4.96. The molecule has 0 amide bonds. The van der Waals surface area contributed by atoms with Crippen LogP contribution in [0.1, 0.15) is 31.7 Å². The third kappa shape index (κ3) is 3.91. The van der Waals surface area contributed by atoms with Crippen LogP contribution in [0.2, 0.25) is 0 Å². The van der Waals surface area contributed by atoms with E-state index in [0.29, 0.717) is 18.4 Å². The average Bonchev–Trinajstić information content (AvgIpc) is 2.26. The van der Waals surface area contributed by atoms with E-state index in [4.69, 9.17) is 11.6 Å². The zero-order chi connectivity index (χ0) is 12.9. The van der Waals surface area contributed by atoms with Gasteiger partial charge in [-0.3, -0.25) is 0 Å². The molecule has 0 heterocycles. The van der Waals surface area contributed by atoms with E-state index in [0.717, 1.165) is 0 Å². The molecule has 0 N–H and O–H groups in total. The zero-order valence-corrected chi connectivity index (χ0v) is 10.5. The van der Waals surface area contributed by atoms with Crippen LogP contribution in [0.5, 0.6) is 0 Å². The number of hydrogen-bond acceptors (Lipinski definition) is 0. The first kappa shape index (κ1) is 14.4. The van der Waals surface area contributed by atoms with Crippen molar-refractivity contribution in [3.8, 4) is 0 Å². The number of alkyl halides is 4. The van der Waals surface area contributed by atoms with Crippen molar-refractivity contribution in [3.63, 3.8) is 0 Å². The molecule has 1 unspecified atom stereocenters. The van der Waals surface area contributed by atoms with Gasteiger partial charge < -0.3 is 0 Å². The van der Waals surface area contributed by atoms with Gasteiger partial charge in [-0.25, -0.2) is 0 Å². The molecular formula is C13H16ClF3. The van der Waals surface area contributed by atoms with E-state index in [9.17, 15) is 13.2 Å². The van der Waals surface area contributed by atoms with Crippen molar-refractivity contribution >= 4 is 11.6 Å². The largest absolute Gasteiger partial charge is 0.407 e. The highest BCUT2D eigenvalue weighted by atomic mass is 35.5. The molecule has 0 aliphatic heterocycles. The number of benzene rings is 1. The molecule has 0 spiro atoms. The van der Waals surface area contributed by atoms with Gasteiger partial charge in [-0.2, -0.15) is 13.2 Å². The van der Waals surface area contributed by atoms with E-state index in [2.05, 4.69) is 0 Å². The monoisotopic (exact) mass is 264 g/mol. The van der Waals surface area contributed by atoms with Crippen molar-refractivity contribution in [3.05, 3.63) is 35.9 Å². The summed E-state index contributed by atoms with van der Waals surface area (Å²) in [5, 5.41) is 0. The fourth-order valence-corrected chi connectivity index (χ4v) is 1.99. The van der Waals surface area contributed by atoms with E-state index < -0.39 is 11.1 Å². The molecule has 0 nitrogen and oxygen atoms in total. The van der Waals surface area contributed by atoms with Gasteiger partial charge in [-0.1, -0.05) is 50.1 Å². The number of halogens is 4. The first-order chi connectivity index (χ1) is 7.89. The predicted molar refractivity (Wildman–Crippen MR) is 64.3 cm³/mol. The van der Waals surface area contributed by atoms with Gasteiger partial charge in [0.05, 0.1) is 0 Å². The second kappa shape index (κ2) is 5.76. The Morgan fingerprint density at radius 2 is 1.71 bits per heavy atom. The van der Waals surface area contributed by atoms with Crippen molar-refractivity contribution < 1.29 is 13.2 Å². The Kier molecular flexibility index (Phi) is 4.87. The Morgan fingerprint density at radius 3 is 2.18 bits per heavy atom. The van der Waals surface area contributed by atoms with Crippen LogP contribution in [-0.2, 0) is 6.42 Å². The Morgan fingerprint density at radius 1 is 1.12 bits per heavy atom. The lowest BCUT2D eigenvalue weighted by molar-refractivity contribution is -0.163. The van der Waals surface area contributed by atoms with Crippen molar-refractivity contribution in [2.75, 3.05) is 0 Å². The highest BCUT2D eigenvalue weighted by Crippen LogP contribution is 2.42. The van der Waals surface area contributed by atoms with Gasteiger partial charge in [0.25, 0.3) is 0 Å². The minimum Gasteiger partial charge on any atom is -0.169 e. The first-order valence-electron chi connectivity index (χ1n) is 5.68. The molecule has 1 atom stereocenters. The molecular weight excluding hydrogens is 249 g/mol. The molecule has 0 saturated heterocycles. The summed E-state index contributed by atoms with van der Waals surface area (Å²) in [6.45, 7) is 1.86. The van der Waals surface area contributed by atoms with Gasteiger partial charge >= 0.3 is 6.18 Å². The number of rotatable bonds is 5. The van der Waals surface area contributed by atoms with Gasteiger partial charge in [-0.05, 0) is 12.0 Å². The molecule has 0 radical (unpaired) electrons. The topological polar surface area (TPSA) is 0 Å². The second-order valence-electron chi connectivity index (χ2n) is 4.23. The summed E-state index contributed by atoms with van der Waals surface area (Å²) in [4.78, 5) is -2.13. The highest BCUT2D eigenvalue weighted by Gasteiger charge is 2.52. The summed E-state index contributed by atoms with van der Waals surface area (Å²) in [6, 6.07) is 8.58. The summed E-state index contributed by atoms with van der Waals surface area (Å²) in [5.74, 6) is 0. The fraction of sp³-hybridized carbons (Fsp3) is 0.538. The van der Waals surface area contributed by atoms with Gasteiger partial charge in [0.15, 0.2) is 0 Å². The minimum absolute atomic E-state index is 0.0382. The molecule has 0 saturated carbocycles. The van der Waals surface area contributed by atoms with Gasteiger partial charge in [0.1, 0.15) is 4.87 Å². The second-order valence-corrected chi connectivity index (χ2v) is 4.95. The Hall–Kier alpha value is -0.700. The van der Waals surface area contributed by atoms with Crippen molar-refractivity contribution in [2.24, 2.45) is 0 Å². The normalized spacial score (nSPS) is 15.6. The molecule has 96 valence electrons. The lowest BCUT2D eigenvalue weighted by Crippen LogP contribution is -2.41. The van der Waals surface area contributed by atoms with Crippen LogP contribution >= 0.6 is 11.6 Å². The summed E-state index contributed by atoms with van der Waals surface area (Å²) in [7, 11) is 0. The van der Waals surface area contributed by atoms with Crippen LogP contribution in [0, 0.1) is 0 Å². The lowest BCUT2D eigenvalue weighted by Gasteiger charge is -2.29. The standard InChI is InChI=1S/C13H16ClF3/c1-2-3-9-12(14,13(15,16)17)10-11-7-5-4-6-8-11/h4-8H,2-3,9-10H2,1H3. The molecule has 0 bridgehead atoms. The van der Waals surface area contributed by atoms with Crippen molar-refractivity contribution in [2.45, 2.75) is 43.7 Å². The molecule has 0 aromatic heterocycles. The maximum absolute atomic E-state index is 13.0. The van der Waals surface area contributed by atoms with Gasteiger partial charge in [0.2, 0.25) is 0 Å². The highest BCUT2D eigenvalue weighted by molar-refractivity contribution is 6.24. The van der Waals surface area contributed by atoms with Crippen LogP contribution in [0.4, 0.5) is 13.2 Å². The summed E-state index contributed by atoms with van der Waals surface area (Å²) >= 11 is 5.80. The molecule has 1 aromatic rings. The minimum atomic E-state index is -4.38. The van der Waals surface area contributed by atoms with Crippen LogP contribution < -0.4 is 0 Å². The quantitative estimate of drug-likeness (QED) is 0.660. The molecule has 0 aliphatic rings. The van der Waals surface area contributed by atoms with Gasteiger partial charge in [-0.15, -0.1) is 11.6 Å². The Bertz CT molecular complexity index is 334. The Balaban J connectivity index is 2.84. The first-order valence-corrected chi connectivity index (χ1v) is 6.06. The van der Waals surface area contributed by atoms with E-state index in [-0.39, 0.29) is 12.8 Å². The summed E-state index contributed by atoms with van der Waals surface area (Å²) < 4.78 is 38.9. The third-order valence-electron chi connectivity index (χ3n) is 2.76. The average molecular weight is 265 g/mol. The molecule has 0 aliphatic carbocycles. The summed E-state index contributed by atoms with van der Waals surface area (Å²) in [6.07, 6.45) is -3.39. The van der Waals surface area contributed by atoms with E-state index >= 15 is 0 Å².